The number of rotatable bonds is 5. The molecule has 1 heterocycles. The van der Waals surface area contributed by atoms with Crippen LogP contribution in [0.3, 0.4) is 0 Å². The van der Waals surface area contributed by atoms with Gasteiger partial charge in [-0.1, -0.05) is 19.1 Å². The van der Waals surface area contributed by atoms with Crippen molar-refractivity contribution in [3.63, 3.8) is 0 Å². The lowest BCUT2D eigenvalue weighted by molar-refractivity contribution is 0.0560. The number of nitrogens with zero attached hydrogens (tertiary/aromatic N) is 1. The predicted octanol–water partition coefficient (Wildman–Crippen LogP) is 2.29. The molecule has 1 saturated heterocycles. The molecule has 0 amide bonds. The highest BCUT2D eigenvalue weighted by Gasteiger charge is 2.23. The average Bonchev–Trinajstić information content (AvgIpc) is 2.90. The predicted molar refractivity (Wildman–Crippen MR) is 85.4 cm³/mol. The van der Waals surface area contributed by atoms with Gasteiger partial charge in [-0.05, 0) is 44.3 Å². The van der Waals surface area contributed by atoms with Crippen LogP contribution in [0, 0.1) is 5.92 Å². The van der Waals surface area contributed by atoms with Gasteiger partial charge >= 0.3 is 0 Å². The third kappa shape index (κ3) is 3.50. The molecule has 3 rings (SSSR count). The molecule has 1 N–H and O–H groups in total. The van der Waals surface area contributed by atoms with E-state index >= 15 is 0 Å². The molecule has 0 spiro atoms. The van der Waals surface area contributed by atoms with Gasteiger partial charge in [-0.25, -0.2) is 0 Å². The smallest absolute Gasteiger partial charge is 0.163 e. The molecule has 4 nitrogen and oxygen atoms in total. The number of ether oxygens (including phenoxy) is 1. The molecule has 1 fully saturated rings. The van der Waals surface area contributed by atoms with Crippen molar-refractivity contribution >= 4 is 5.78 Å². The molecule has 22 heavy (non-hydrogen) atoms. The van der Waals surface area contributed by atoms with Crippen LogP contribution in [0.15, 0.2) is 18.2 Å². The number of carbonyl (C=O) groups excluding carboxylic acids is 1. The second kappa shape index (κ2) is 6.80. The van der Waals surface area contributed by atoms with E-state index in [1.54, 1.807) is 0 Å². The summed E-state index contributed by atoms with van der Waals surface area (Å²) in [6.07, 6.45) is 3.26. The van der Waals surface area contributed by atoms with Gasteiger partial charge in [0.05, 0.1) is 0 Å². The lowest BCUT2D eigenvalue weighted by atomic mass is 9.99. The van der Waals surface area contributed by atoms with E-state index in [0.717, 1.165) is 42.3 Å². The molecule has 1 atom stereocenters. The van der Waals surface area contributed by atoms with Crippen molar-refractivity contribution in [1.29, 1.82) is 0 Å². The van der Waals surface area contributed by atoms with Crippen LogP contribution in [0.4, 0.5) is 0 Å². The van der Waals surface area contributed by atoms with Crippen LogP contribution in [0.5, 0.6) is 5.75 Å². The summed E-state index contributed by atoms with van der Waals surface area (Å²) in [7, 11) is 0. The Morgan fingerprint density at radius 2 is 2.09 bits per heavy atom. The first-order valence-electron chi connectivity index (χ1n) is 8.32. The number of aliphatic hydroxyl groups excluding tert-OH is 1. The third-order valence-corrected chi connectivity index (χ3v) is 4.81. The van der Waals surface area contributed by atoms with E-state index in [2.05, 4.69) is 11.8 Å². The van der Waals surface area contributed by atoms with E-state index in [0.29, 0.717) is 13.0 Å². The normalized spacial score (nSPS) is 20.9. The summed E-state index contributed by atoms with van der Waals surface area (Å²) in [5, 5.41) is 10.2. The SMILES string of the molecule is CC1CCN(C[C@H](O)COc2cccc3c2CCC3=O)CC1. The molecule has 0 radical (unpaired) electrons. The van der Waals surface area contributed by atoms with E-state index in [1.165, 1.54) is 12.8 Å². The van der Waals surface area contributed by atoms with Crippen molar-refractivity contribution in [2.24, 2.45) is 5.92 Å². The first kappa shape index (κ1) is 15.5. The van der Waals surface area contributed by atoms with Gasteiger partial charge in [0.25, 0.3) is 0 Å². The molecule has 0 aromatic heterocycles. The van der Waals surface area contributed by atoms with Crippen molar-refractivity contribution < 1.29 is 14.6 Å². The quantitative estimate of drug-likeness (QED) is 0.907. The molecular formula is C18H25NO3. The maximum Gasteiger partial charge on any atom is 0.163 e. The molecule has 1 aromatic rings. The van der Waals surface area contributed by atoms with Crippen molar-refractivity contribution in [2.45, 2.75) is 38.7 Å². The third-order valence-electron chi connectivity index (χ3n) is 4.81. The standard InChI is InChI=1S/C18H25NO3/c1-13-7-9-19(10-8-13)11-14(20)12-22-18-4-2-3-15-16(18)5-6-17(15)21/h2-4,13-14,20H,5-12H2,1H3/t14-/m0/s1. The Hall–Kier alpha value is -1.39. The maximum absolute atomic E-state index is 11.7. The van der Waals surface area contributed by atoms with Gasteiger partial charge in [-0.3, -0.25) is 4.79 Å². The first-order chi connectivity index (χ1) is 10.6. The van der Waals surface area contributed by atoms with E-state index in [-0.39, 0.29) is 12.4 Å². The summed E-state index contributed by atoms with van der Waals surface area (Å²) in [5.41, 5.74) is 1.79. The number of aliphatic hydroxyl groups is 1. The van der Waals surface area contributed by atoms with Crippen LogP contribution in [-0.4, -0.2) is 48.1 Å². The van der Waals surface area contributed by atoms with Gasteiger partial charge in [0, 0.05) is 24.1 Å². The number of carbonyl (C=O) groups is 1. The zero-order valence-corrected chi connectivity index (χ0v) is 13.3. The average molecular weight is 303 g/mol. The number of hydrogen-bond acceptors (Lipinski definition) is 4. The Morgan fingerprint density at radius 1 is 1.32 bits per heavy atom. The Balaban J connectivity index is 1.51. The molecule has 1 aliphatic carbocycles. The fraction of sp³-hybridized carbons (Fsp3) is 0.611. The highest BCUT2D eigenvalue weighted by atomic mass is 16.5. The Morgan fingerprint density at radius 3 is 2.86 bits per heavy atom. The van der Waals surface area contributed by atoms with Crippen LogP contribution < -0.4 is 4.74 Å². The van der Waals surface area contributed by atoms with Gasteiger partial charge in [0.1, 0.15) is 18.5 Å². The van der Waals surface area contributed by atoms with Crippen molar-refractivity contribution in [1.82, 2.24) is 4.90 Å². The van der Waals surface area contributed by atoms with Gasteiger partial charge in [0.15, 0.2) is 5.78 Å². The van der Waals surface area contributed by atoms with Crippen LogP contribution >= 0.6 is 0 Å². The summed E-state index contributed by atoms with van der Waals surface area (Å²) in [4.78, 5) is 14.0. The molecule has 0 unspecified atom stereocenters. The van der Waals surface area contributed by atoms with E-state index in [9.17, 15) is 9.90 Å². The number of Topliss-reactive ketones (excluding diaryl/α,β-unsaturated/α-hetero) is 1. The largest absolute Gasteiger partial charge is 0.491 e. The fourth-order valence-corrected chi connectivity index (χ4v) is 3.37. The molecule has 4 heteroatoms. The minimum atomic E-state index is -0.485. The van der Waals surface area contributed by atoms with Gasteiger partial charge in [-0.15, -0.1) is 0 Å². The summed E-state index contributed by atoms with van der Waals surface area (Å²) in [6, 6.07) is 5.62. The number of hydrogen-bond donors (Lipinski definition) is 1. The van der Waals surface area contributed by atoms with Crippen LogP contribution in [0.2, 0.25) is 0 Å². The van der Waals surface area contributed by atoms with E-state index in [4.69, 9.17) is 4.74 Å². The zero-order chi connectivity index (χ0) is 15.5. The monoisotopic (exact) mass is 303 g/mol. The van der Waals surface area contributed by atoms with Crippen LogP contribution in [0.25, 0.3) is 0 Å². The highest BCUT2D eigenvalue weighted by Crippen LogP contribution is 2.30. The number of β-amino-alcohol motifs (C(OH)–C–C–N with tert-alkyl or cyclic N) is 1. The zero-order valence-electron chi connectivity index (χ0n) is 13.3. The molecule has 1 aromatic carbocycles. The molecule has 2 aliphatic rings. The van der Waals surface area contributed by atoms with Gasteiger partial charge in [0.2, 0.25) is 0 Å². The summed E-state index contributed by atoms with van der Waals surface area (Å²) in [5.74, 6) is 1.76. The van der Waals surface area contributed by atoms with Gasteiger partial charge in [-0.2, -0.15) is 0 Å². The topological polar surface area (TPSA) is 49.8 Å². The number of fused-ring (bicyclic) bond motifs is 1. The van der Waals surface area contributed by atoms with Crippen molar-refractivity contribution in [2.75, 3.05) is 26.2 Å². The fourth-order valence-electron chi connectivity index (χ4n) is 3.37. The lowest BCUT2D eigenvalue weighted by Crippen LogP contribution is -2.40. The summed E-state index contributed by atoms with van der Waals surface area (Å²) < 4.78 is 5.79. The minimum absolute atomic E-state index is 0.198. The second-order valence-corrected chi connectivity index (χ2v) is 6.65. The van der Waals surface area contributed by atoms with Crippen LogP contribution in [-0.2, 0) is 6.42 Å². The molecule has 120 valence electrons. The van der Waals surface area contributed by atoms with Crippen molar-refractivity contribution in [3.05, 3.63) is 29.3 Å². The minimum Gasteiger partial charge on any atom is -0.491 e. The number of benzene rings is 1. The van der Waals surface area contributed by atoms with E-state index in [1.807, 2.05) is 18.2 Å². The van der Waals surface area contributed by atoms with Crippen LogP contribution in [0.1, 0.15) is 42.1 Å². The van der Waals surface area contributed by atoms with E-state index < -0.39 is 6.10 Å². The lowest BCUT2D eigenvalue weighted by Gasteiger charge is -2.31. The molecular weight excluding hydrogens is 278 g/mol. The number of piperidine rings is 1. The summed E-state index contributed by atoms with van der Waals surface area (Å²) >= 11 is 0. The maximum atomic E-state index is 11.7. The Bertz CT molecular complexity index is 535. The molecule has 1 aliphatic heterocycles. The summed E-state index contributed by atoms with van der Waals surface area (Å²) in [6.45, 7) is 5.37. The molecule has 0 saturated carbocycles. The first-order valence-corrected chi connectivity index (χ1v) is 8.32. The van der Waals surface area contributed by atoms with Crippen molar-refractivity contribution in [3.8, 4) is 5.75 Å². The number of ketones is 1. The van der Waals surface area contributed by atoms with Gasteiger partial charge < -0.3 is 14.7 Å². The molecule has 0 bridgehead atoms. The Kier molecular flexibility index (Phi) is 4.79. The number of likely N-dealkylation sites (tertiary alicyclic amines) is 1. The Labute approximate surface area is 132 Å². The highest BCUT2D eigenvalue weighted by molar-refractivity contribution is 6.01. The second-order valence-electron chi connectivity index (χ2n) is 6.65.